The number of hydrogen-bond acceptors (Lipinski definition) is 2. The predicted octanol–water partition coefficient (Wildman–Crippen LogP) is 4.41. The van der Waals surface area contributed by atoms with Crippen molar-refractivity contribution in [3.63, 3.8) is 0 Å². The molecular weight excluding hydrogens is 275 g/mol. The van der Waals surface area contributed by atoms with Crippen LogP contribution in [0.3, 0.4) is 0 Å². The Morgan fingerprint density at radius 3 is 2.47 bits per heavy atom. The van der Waals surface area contributed by atoms with Crippen molar-refractivity contribution in [2.24, 2.45) is 0 Å². The van der Waals surface area contributed by atoms with Gasteiger partial charge in [-0.3, -0.25) is 4.79 Å². The third-order valence-corrected chi connectivity index (χ3v) is 3.95. The van der Waals surface area contributed by atoms with Gasteiger partial charge in [-0.05, 0) is 23.8 Å². The first kappa shape index (κ1) is 12.6. The Morgan fingerprint density at radius 2 is 1.82 bits per heavy atom. The van der Waals surface area contributed by atoms with Gasteiger partial charge in [0.05, 0.1) is 4.34 Å². The molecule has 0 spiro atoms. The number of halogens is 2. The minimum atomic E-state index is 0.150. The highest BCUT2D eigenvalue weighted by molar-refractivity contribution is 7.16. The molecule has 0 aliphatic carbocycles. The SMILES string of the molecule is O=C(Cc1ccc(Cl)s1)Cc1ccccc1Cl. The van der Waals surface area contributed by atoms with Gasteiger partial charge in [0.2, 0.25) is 0 Å². The molecule has 0 radical (unpaired) electrons. The molecule has 0 aliphatic rings. The number of carbonyl (C=O) groups excluding carboxylic acids is 1. The molecule has 0 aliphatic heterocycles. The first-order chi connectivity index (χ1) is 8.15. The summed E-state index contributed by atoms with van der Waals surface area (Å²) in [5.41, 5.74) is 0.877. The topological polar surface area (TPSA) is 17.1 Å². The van der Waals surface area contributed by atoms with Gasteiger partial charge in [0, 0.05) is 22.7 Å². The van der Waals surface area contributed by atoms with E-state index in [-0.39, 0.29) is 5.78 Å². The number of carbonyl (C=O) groups is 1. The van der Waals surface area contributed by atoms with E-state index < -0.39 is 0 Å². The Balaban J connectivity index is 2.01. The molecule has 1 aromatic carbocycles. The summed E-state index contributed by atoms with van der Waals surface area (Å²) in [6.45, 7) is 0. The maximum absolute atomic E-state index is 11.8. The lowest BCUT2D eigenvalue weighted by atomic mass is 10.1. The van der Waals surface area contributed by atoms with E-state index in [0.29, 0.717) is 22.2 Å². The Kier molecular flexibility index (Phi) is 4.21. The van der Waals surface area contributed by atoms with Gasteiger partial charge in [-0.15, -0.1) is 11.3 Å². The molecule has 2 rings (SSSR count). The Bertz CT molecular complexity index is 534. The van der Waals surface area contributed by atoms with Crippen LogP contribution >= 0.6 is 34.5 Å². The van der Waals surface area contributed by atoms with E-state index in [2.05, 4.69) is 0 Å². The smallest absolute Gasteiger partial charge is 0.142 e. The minimum absolute atomic E-state index is 0.150. The summed E-state index contributed by atoms with van der Waals surface area (Å²) in [6.07, 6.45) is 0.789. The fourth-order valence-electron chi connectivity index (χ4n) is 1.56. The molecule has 0 saturated heterocycles. The van der Waals surface area contributed by atoms with Gasteiger partial charge in [-0.25, -0.2) is 0 Å². The molecule has 0 N–H and O–H groups in total. The molecule has 17 heavy (non-hydrogen) atoms. The summed E-state index contributed by atoms with van der Waals surface area (Å²) in [4.78, 5) is 12.8. The van der Waals surface area contributed by atoms with E-state index >= 15 is 0 Å². The first-order valence-electron chi connectivity index (χ1n) is 5.14. The van der Waals surface area contributed by atoms with Gasteiger partial charge in [0.1, 0.15) is 5.78 Å². The van der Waals surface area contributed by atoms with Gasteiger partial charge < -0.3 is 0 Å². The van der Waals surface area contributed by atoms with Crippen LogP contribution in [0.2, 0.25) is 9.36 Å². The molecule has 0 atom stereocenters. The third-order valence-electron chi connectivity index (χ3n) is 2.35. The van der Waals surface area contributed by atoms with E-state index in [1.807, 2.05) is 30.3 Å². The number of thiophene rings is 1. The van der Waals surface area contributed by atoms with E-state index in [1.54, 1.807) is 6.07 Å². The van der Waals surface area contributed by atoms with Crippen molar-refractivity contribution in [3.8, 4) is 0 Å². The summed E-state index contributed by atoms with van der Waals surface area (Å²) < 4.78 is 0.713. The molecule has 1 aromatic heterocycles. The maximum atomic E-state index is 11.8. The minimum Gasteiger partial charge on any atom is -0.299 e. The molecule has 0 saturated carbocycles. The zero-order chi connectivity index (χ0) is 12.3. The molecule has 1 heterocycles. The van der Waals surface area contributed by atoms with Crippen LogP contribution in [-0.4, -0.2) is 5.78 Å². The number of rotatable bonds is 4. The quantitative estimate of drug-likeness (QED) is 0.813. The van der Waals surface area contributed by atoms with Crippen LogP contribution in [0.5, 0.6) is 0 Å². The van der Waals surface area contributed by atoms with Crippen LogP contribution in [0.25, 0.3) is 0 Å². The van der Waals surface area contributed by atoms with Crippen LogP contribution in [-0.2, 0) is 17.6 Å². The van der Waals surface area contributed by atoms with Gasteiger partial charge in [-0.1, -0.05) is 41.4 Å². The number of ketones is 1. The van der Waals surface area contributed by atoms with E-state index in [1.165, 1.54) is 11.3 Å². The Hall–Kier alpha value is -0.830. The van der Waals surface area contributed by atoms with Crippen LogP contribution in [0.4, 0.5) is 0 Å². The van der Waals surface area contributed by atoms with E-state index in [4.69, 9.17) is 23.2 Å². The van der Waals surface area contributed by atoms with Crippen molar-refractivity contribution in [1.29, 1.82) is 0 Å². The zero-order valence-electron chi connectivity index (χ0n) is 8.95. The molecule has 0 fully saturated rings. The lowest BCUT2D eigenvalue weighted by molar-refractivity contribution is -0.117. The van der Waals surface area contributed by atoms with Gasteiger partial charge in [-0.2, -0.15) is 0 Å². The molecule has 0 unspecified atom stereocenters. The lowest BCUT2D eigenvalue weighted by Crippen LogP contribution is -2.05. The summed E-state index contributed by atoms with van der Waals surface area (Å²) in [7, 11) is 0. The molecule has 0 bridgehead atoms. The second-order valence-electron chi connectivity index (χ2n) is 3.69. The Morgan fingerprint density at radius 1 is 1.06 bits per heavy atom. The monoisotopic (exact) mass is 284 g/mol. The summed E-state index contributed by atoms with van der Waals surface area (Å²) in [5, 5.41) is 0.644. The van der Waals surface area contributed by atoms with Crippen LogP contribution in [0.1, 0.15) is 10.4 Å². The fourth-order valence-corrected chi connectivity index (χ4v) is 2.88. The van der Waals surface area contributed by atoms with Crippen LogP contribution in [0, 0.1) is 0 Å². The number of Topliss-reactive ketones (excluding diaryl/α,β-unsaturated/α-hetero) is 1. The zero-order valence-corrected chi connectivity index (χ0v) is 11.3. The highest BCUT2D eigenvalue weighted by Crippen LogP contribution is 2.23. The van der Waals surface area contributed by atoms with E-state index in [0.717, 1.165) is 10.4 Å². The van der Waals surface area contributed by atoms with Gasteiger partial charge in [0.25, 0.3) is 0 Å². The normalized spacial score (nSPS) is 10.5. The van der Waals surface area contributed by atoms with Crippen LogP contribution < -0.4 is 0 Å². The van der Waals surface area contributed by atoms with Crippen molar-refractivity contribution < 1.29 is 4.79 Å². The lowest BCUT2D eigenvalue weighted by Gasteiger charge is -2.02. The second kappa shape index (κ2) is 5.67. The molecule has 88 valence electrons. The predicted molar refractivity (Wildman–Crippen MR) is 73.2 cm³/mol. The summed E-state index contributed by atoms with van der Waals surface area (Å²) in [5.74, 6) is 0.150. The number of benzene rings is 1. The molecular formula is C13H10Cl2OS. The van der Waals surface area contributed by atoms with Gasteiger partial charge >= 0.3 is 0 Å². The maximum Gasteiger partial charge on any atom is 0.142 e. The first-order valence-corrected chi connectivity index (χ1v) is 6.72. The third kappa shape index (κ3) is 3.56. The Labute approximate surface area is 114 Å². The second-order valence-corrected chi connectivity index (χ2v) is 5.90. The molecule has 0 amide bonds. The van der Waals surface area contributed by atoms with E-state index in [9.17, 15) is 4.79 Å². The fraction of sp³-hybridized carbons (Fsp3) is 0.154. The van der Waals surface area contributed by atoms with Gasteiger partial charge in [0.15, 0.2) is 0 Å². The standard InChI is InChI=1S/C13H10Cl2OS/c14-12-4-2-1-3-9(12)7-10(16)8-11-5-6-13(15)17-11/h1-6H,7-8H2. The largest absolute Gasteiger partial charge is 0.299 e. The van der Waals surface area contributed by atoms with Crippen molar-refractivity contribution in [2.75, 3.05) is 0 Å². The van der Waals surface area contributed by atoms with Crippen LogP contribution in [0.15, 0.2) is 36.4 Å². The average Bonchev–Trinajstić information content (AvgIpc) is 2.67. The highest BCUT2D eigenvalue weighted by atomic mass is 35.5. The highest BCUT2D eigenvalue weighted by Gasteiger charge is 2.09. The molecule has 1 nitrogen and oxygen atoms in total. The van der Waals surface area contributed by atoms with Crippen molar-refractivity contribution >= 4 is 40.3 Å². The summed E-state index contributed by atoms with van der Waals surface area (Å²) in [6, 6.07) is 11.1. The number of hydrogen-bond donors (Lipinski definition) is 0. The van der Waals surface area contributed by atoms with Crippen molar-refractivity contribution in [1.82, 2.24) is 0 Å². The van der Waals surface area contributed by atoms with Crippen molar-refractivity contribution in [3.05, 3.63) is 56.2 Å². The summed E-state index contributed by atoms with van der Waals surface area (Å²) >= 11 is 13.3. The van der Waals surface area contributed by atoms with Crippen molar-refractivity contribution in [2.45, 2.75) is 12.8 Å². The molecule has 4 heteroatoms. The average molecular weight is 285 g/mol. The molecule has 2 aromatic rings.